The van der Waals surface area contributed by atoms with Gasteiger partial charge in [-0.15, -0.1) is 0 Å². The predicted octanol–water partition coefficient (Wildman–Crippen LogP) is 3.52. The first-order valence-electron chi connectivity index (χ1n) is 6.80. The van der Waals surface area contributed by atoms with E-state index >= 15 is 0 Å². The number of rotatable bonds is 1. The Morgan fingerprint density at radius 1 is 1.00 bits per heavy atom. The number of nitrogens with zero attached hydrogens (tertiary/aromatic N) is 1. The van der Waals surface area contributed by atoms with Crippen molar-refractivity contribution in [3.05, 3.63) is 39.9 Å². The Morgan fingerprint density at radius 2 is 1.45 bits per heavy atom. The van der Waals surface area contributed by atoms with E-state index < -0.39 is 0 Å². The van der Waals surface area contributed by atoms with Crippen LogP contribution in [0.5, 0.6) is 0 Å². The van der Waals surface area contributed by atoms with Crippen LogP contribution in [-0.2, 0) is 9.59 Å². The summed E-state index contributed by atoms with van der Waals surface area (Å²) in [5.74, 6) is -0.440. The van der Waals surface area contributed by atoms with Crippen molar-refractivity contribution in [1.82, 2.24) is 0 Å². The number of anilines is 1. The smallest absolute Gasteiger partial charge is 0.238 e. The number of aryl methyl sites for hydroxylation is 2. The highest BCUT2D eigenvalue weighted by Crippen LogP contribution is 2.39. The predicted molar refractivity (Wildman–Crippen MR) is 81.5 cm³/mol. The van der Waals surface area contributed by atoms with Gasteiger partial charge in [-0.3, -0.25) is 14.5 Å². The molecule has 0 N–H and O–H groups in total. The fourth-order valence-corrected chi connectivity index (χ4v) is 3.34. The van der Waals surface area contributed by atoms with Gasteiger partial charge in [0.1, 0.15) is 0 Å². The van der Waals surface area contributed by atoms with Gasteiger partial charge in [-0.05, 0) is 49.9 Å². The van der Waals surface area contributed by atoms with E-state index in [1.807, 2.05) is 38.1 Å². The third-order valence-corrected chi connectivity index (χ3v) is 5.44. The number of halogens is 1. The molecule has 0 aromatic heterocycles. The second-order valence-corrected chi connectivity index (χ2v) is 6.35. The van der Waals surface area contributed by atoms with E-state index in [0.717, 1.165) is 15.6 Å². The normalized spacial score (nSPS) is 25.2. The zero-order valence-electron chi connectivity index (χ0n) is 11.5. The highest BCUT2D eigenvalue weighted by Gasteiger charge is 2.47. The molecule has 0 unspecified atom stereocenters. The van der Waals surface area contributed by atoms with Gasteiger partial charge in [0.25, 0.3) is 0 Å². The monoisotopic (exact) mass is 333 g/mol. The molecule has 1 saturated heterocycles. The summed E-state index contributed by atoms with van der Waals surface area (Å²) >= 11 is 3.51. The van der Waals surface area contributed by atoms with E-state index in [0.29, 0.717) is 18.5 Å². The Bertz CT molecular complexity index is 586. The summed E-state index contributed by atoms with van der Waals surface area (Å²) in [6.07, 6.45) is 5.38. The molecular weight excluding hydrogens is 318 g/mol. The lowest BCUT2D eigenvalue weighted by atomic mass is 9.85. The molecule has 1 aliphatic carbocycles. The maximum atomic E-state index is 12.5. The fraction of sp³-hybridized carbons (Fsp3) is 0.375. The maximum absolute atomic E-state index is 12.5. The summed E-state index contributed by atoms with van der Waals surface area (Å²) in [6, 6.07) is 3.80. The minimum absolute atomic E-state index is 0.0505. The van der Waals surface area contributed by atoms with Gasteiger partial charge in [-0.1, -0.05) is 28.1 Å². The molecule has 1 fully saturated rings. The molecular formula is C16H16BrNO2. The van der Waals surface area contributed by atoms with Gasteiger partial charge in [0.15, 0.2) is 0 Å². The molecule has 20 heavy (non-hydrogen) atoms. The van der Waals surface area contributed by atoms with Crippen LogP contribution in [0.2, 0.25) is 0 Å². The summed E-state index contributed by atoms with van der Waals surface area (Å²) in [5, 5.41) is 0. The molecule has 2 atom stereocenters. The topological polar surface area (TPSA) is 37.4 Å². The Balaban J connectivity index is 2.03. The fourth-order valence-electron chi connectivity index (χ4n) is 3.11. The lowest BCUT2D eigenvalue weighted by molar-refractivity contribution is -0.122. The van der Waals surface area contributed by atoms with Crippen molar-refractivity contribution in [3.63, 3.8) is 0 Å². The van der Waals surface area contributed by atoms with Crippen LogP contribution in [-0.4, -0.2) is 11.8 Å². The average molecular weight is 334 g/mol. The summed E-state index contributed by atoms with van der Waals surface area (Å²) in [6.45, 7) is 3.94. The van der Waals surface area contributed by atoms with Gasteiger partial charge in [-0.2, -0.15) is 0 Å². The lowest BCUT2D eigenvalue weighted by Crippen LogP contribution is -2.31. The Morgan fingerprint density at radius 3 is 1.90 bits per heavy atom. The van der Waals surface area contributed by atoms with Crippen LogP contribution in [0.1, 0.15) is 24.0 Å². The zero-order chi connectivity index (χ0) is 14.4. The molecule has 3 nitrogen and oxygen atoms in total. The number of imide groups is 1. The number of hydrogen-bond donors (Lipinski definition) is 0. The van der Waals surface area contributed by atoms with Crippen LogP contribution in [0.25, 0.3) is 0 Å². The van der Waals surface area contributed by atoms with E-state index in [-0.39, 0.29) is 23.7 Å². The lowest BCUT2D eigenvalue weighted by Gasteiger charge is -2.17. The molecule has 0 radical (unpaired) electrons. The summed E-state index contributed by atoms with van der Waals surface area (Å²) < 4.78 is 1.03. The molecule has 104 valence electrons. The van der Waals surface area contributed by atoms with Crippen molar-refractivity contribution in [2.45, 2.75) is 26.7 Å². The number of carbonyl (C=O) groups is 2. The Hall–Kier alpha value is -1.42. The van der Waals surface area contributed by atoms with E-state index in [9.17, 15) is 9.59 Å². The van der Waals surface area contributed by atoms with Crippen LogP contribution in [0.4, 0.5) is 5.69 Å². The molecule has 0 spiro atoms. The van der Waals surface area contributed by atoms with Gasteiger partial charge in [0, 0.05) is 4.47 Å². The molecule has 0 saturated carbocycles. The molecule has 4 heteroatoms. The number of allylic oxidation sites excluding steroid dienone is 2. The molecule has 1 aliphatic heterocycles. The number of hydrogen-bond acceptors (Lipinski definition) is 2. The molecule has 2 amide bonds. The SMILES string of the molecule is Cc1cc(N2C(=O)[C@H]3CC=CC[C@H]3C2=O)cc(C)c1Br. The molecule has 0 bridgehead atoms. The third kappa shape index (κ3) is 1.94. The van der Waals surface area contributed by atoms with Crippen molar-refractivity contribution in [1.29, 1.82) is 0 Å². The van der Waals surface area contributed by atoms with E-state index in [2.05, 4.69) is 15.9 Å². The summed E-state index contributed by atoms with van der Waals surface area (Å²) in [7, 11) is 0. The molecule has 1 heterocycles. The minimum atomic E-state index is -0.170. The van der Waals surface area contributed by atoms with Gasteiger partial charge < -0.3 is 0 Å². The second kappa shape index (κ2) is 4.85. The molecule has 1 aromatic carbocycles. The van der Waals surface area contributed by atoms with E-state index in [1.54, 1.807) is 0 Å². The van der Waals surface area contributed by atoms with Crippen LogP contribution >= 0.6 is 15.9 Å². The zero-order valence-corrected chi connectivity index (χ0v) is 13.1. The van der Waals surface area contributed by atoms with Crippen molar-refractivity contribution in [2.24, 2.45) is 11.8 Å². The first-order valence-corrected chi connectivity index (χ1v) is 7.59. The Labute approximate surface area is 126 Å². The molecule has 3 rings (SSSR count). The number of carbonyl (C=O) groups excluding carboxylic acids is 2. The molecule has 2 aliphatic rings. The van der Waals surface area contributed by atoms with Gasteiger partial charge >= 0.3 is 0 Å². The van der Waals surface area contributed by atoms with Gasteiger partial charge in [0.05, 0.1) is 17.5 Å². The van der Waals surface area contributed by atoms with Gasteiger partial charge in [0.2, 0.25) is 11.8 Å². The maximum Gasteiger partial charge on any atom is 0.238 e. The first-order chi connectivity index (χ1) is 9.50. The highest BCUT2D eigenvalue weighted by molar-refractivity contribution is 9.10. The summed E-state index contributed by atoms with van der Waals surface area (Å²) in [4.78, 5) is 26.4. The highest BCUT2D eigenvalue weighted by atomic mass is 79.9. The quantitative estimate of drug-likeness (QED) is 0.582. The largest absolute Gasteiger partial charge is 0.274 e. The van der Waals surface area contributed by atoms with Crippen molar-refractivity contribution >= 4 is 33.4 Å². The van der Waals surface area contributed by atoms with Crippen LogP contribution in [0, 0.1) is 25.7 Å². The molecule has 1 aromatic rings. The first kappa shape index (κ1) is 13.6. The van der Waals surface area contributed by atoms with Crippen molar-refractivity contribution < 1.29 is 9.59 Å². The Kier molecular flexibility index (Phi) is 3.28. The second-order valence-electron chi connectivity index (χ2n) is 5.56. The van der Waals surface area contributed by atoms with Crippen molar-refractivity contribution in [3.8, 4) is 0 Å². The third-order valence-electron chi connectivity index (χ3n) is 4.19. The van der Waals surface area contributed by atoms with Crippen molar-refractivity contribution in [2.75, 3.05) is 4.90 Å². The summed E-state index contributed by atoms with van der Waals surface area (Å²) in [5.41, 5.74) is 2.77. The standard InChI is InChI=1S/C16H16BrNO2/c1-9-7-11(8-10(2)14(9)17)18-15(19)12-5-3-4-6-13(12)16(18)20/h3-4,7-8,12-13H,5-6H2,1-2H3/t12-,13+. The van der Waals surface area contributed by atoms with E-state index in [1.165, 1.54) is 4.90 Å². The number of fused-ring (bicyclic) bond motifs is 1. The van der Waals surface area contributed by atoms with Gasteiger partial charge in [-0.25, -0.2) is 0 Å². The van der Waals surface area contributed by atoms with Crippen LogP contribution in [0.15, 0.2) is 28.8 Å². The van der Waals surface area contributed by atoms with E-state index in [4.69, 9.17) is 0 Å². The van der Waals surface area contributed by atoms with Crippen LogP contribution < -0.4 is 4.90 Å². The van der Waals surface area contributed by atoms with Crippen LogP contribution in [0.3, 0.4) is 0 Å². The number of amides is 2. The minimum Gasteiger partial charge on any atom is -0.274 e. The number of benzene rings is 1. The average Bonchev–Trinajstić information content (AvgIpc) is 2.68.